The van der Waals surface area contributed by atoms with Crippen molar-refractivity contribution < 1.29 is 0 Å². The molecule has 2 aromatic rings. The lowest BCUT2D eigenvalue weighted by atomic mass is 10.3. The second-order valence-corrected chi connectivity index (χ2v) is 6.44. The lowest BCUT2D eigenvalue weighted by molar-refractivity contribution is 0.724. The molecule has 0 bridgehead atoms. The Morgan fingerprint density at radius 1 is 1.33 bits per heavy atom. The highest BCUT2D eigenvalue weighted by Crippen LogP contribution is 2.31. The molecular formula is C12H13Cl3N2S. The zero-order chi connectivity index (χ0) is 13.3. The van der Waals surface area contributed by atoms with Crippen molar-refractivity contribution in [3.8, 4) is 0 Å². The van der Waals surface area contributed by atoms with E-state index in [9.17, 15) is 0 Å². The zero-order valence-electron chi connectivity index (χ0n) is 10.1. The van der Waals surface area contributed by atoms with Crippen LogP contribution < -0.4 is 0 Å². The van der Waals surface area contributed by atoms with E-state index >= 15 is 0 Å². The highest BCUT2D eigenvalue weighted by atomic mass is 35.5. The summed E-state index contributed by atoms with van der Waals surface area (Å²) in [6, 6.07) is 3.65. The standard InChI is InChI=1S/C12H13Cl3N2S/c1-7(13)12-16-10-5-8(14)9(15)6-11(10)17(12)3-4-18-2/h5-7H,3-4H2,1-2H3. The van der Waals surface area contributed by atoms with E-state index in [1.54, 1.807) is 17.8 Å². The molecular weight excluding hydrogens is 311 g/mol. The topological polar surface area (TPSA) is 17.8 Å². The molecule has 1 aromatic carbocycles. The Balaban J connectivity index is 2.61. The van der Waals surface area contributed by atoms with Crippen LogP contribution in [0.1, 0.15) is 18.1 Å². The first-order valence-electron chi connectivity index (χ1n) is 5.52. The van der Waals surface area contributed by atoms with Crippen molar-refractivity contribution >= 4 is 57.6 Å². The number of rotatable bonds is 4. The molecule has 0 aliphatic heterocycles. The Kier molecular flexibility index (Phi) is 4.70. The molecule has 2 rings (SSSR count). The zero-order valence-corrected chi connectivity index (χ0v) is 13.2. The van der Waals surface area contributed by atoms with Crippen LogP contribution in [0.5, 0.6) is 0 Å². The molecule has 1 heterocycles. The number of hydrogen-bond acceptors (Lipinski definition) is 2. The lowest BCUT2D eigenvalue weighted by Gasteiger charge is -2.09. The predicted octanol–water partition coefficient (Wildman–Crippen LogP) is 5.01. The van der Waals surface area contributed by atoms with Crippen molar-refractivity contribution in [2.75, 3.05) is 12.0 Å². The fourth-order valence-electron chi connectivity index (χ4n) is 1.86. The van der Waals surface area contributed by atoms with Gasteiger partial charge in [-0.15, -0.1) is 11.6 Å². The van der Waals surface area contributed by atoms with Gasteiger partial charge in [-0.2, -0.15) is 11.8 Å². The second-order valence-electron chi connectivity index (χ2n) is 3.99. The average Bonchev–Trinajstić information content (AvgIpc) is 2.65. The third-order valence-electron chi connectivity index (χ3n) is 2.69. The van der Waals surface area contributed by atoms with E-state index in [1.165, 1.54) is 0 Å². The number of thioether (sulfide) groups is 1. The maximum absolute atomic E-state index is 6.18. The summed E-state index contributed by atoms with van der Waals surface area (Å²) < 4.78 is 2.12. The van der Waals surface area contributed by atoms with Crippen molar-refractivity contribution in [3.63, 3.8) is 0 Å². The minimum absolute atomic E-state index is 0.142. The first kappa shape index (κ1) is 14.3. The van der Waals surface area contributed by atoms with Gasteiger partial charge in [-0.25, -0.2) is 4.98 Å². The van der Waals surface area contributed by atoms with Gasteiger partial charge in [-0.1, -0.05) is 23.2 Å². The summed E-state index contributed by atoms with van der Waals surface area (Å²) in [7, 11) is 0. The molecule has 0 spiro atoms. The van der Waals surface area contributed by atoms with Gasteiger partial charge >= 0.3 is 0 Å². The molecule has 18 heavy (non-hydrogen) atoms. The fourth-order valence-corrected chi connectivity index (χ4v) is 2.71. The first-order valence-corrected chi connectivity index (χ1v) is 8.11. The second kappa shape index (κ2) is 5.91. The molecule has 2 nitrogen and oxygen atoms in total. The molecule has 0 fully saturated rings. The average molecular weight is 324 g/mol. The number of alkyl halides is 1. The molecule has 0 N–H and O–H groups in total. The van der Waals surface area contributed by atoms with Gasteiger partial charge in [0.05, 0.1) is 26.5 Å². The van der Waals surface area contributed by atoms with Gasteiger partial charge in [0, 0.05) is 12.3 Å². The molecule has 1 unspecified atom stereocenters. The van der Waals surface area contributed by atoms with Crippen LogP contribution in [-0.2, 0) is 6.54 Å². The van der Waals surface area contributed by atoms with Crippen LogP contribution in [0.25, 0.3) is 11.0 Å². The van der Waals surface area contributed by atoms with Gasteiger partial charge in [0.1, 0.15) is 5.82 Å². The van der Waals surface area contributed by atoms with Crippen molar-refractivity contribution in [1.29, 1.82) is 0 Å². The fraction of sp³-hybridized carbons (Fsp3) is 0.417. The minimum Gasteiger partial charge on any atom is -0.326 e. The summed E-state index contributed by atoms with van der Waals surface area (Å²) in [5.41, 5.74) is 1.83. The van der Waals surface area contributed by atoms with E-state index in [0.29, 0.717) is 10.0 Å². The highest BCUT2D eigenvalue weighted by Gasteiger charge is 2.16. The number of benzene rings is 1. The number of halogens is 3. The van der Waals surface area contributed by atoms with Gasteiger partial charge in [0.25, 0.3) is 0 Å². The number of imidazole rings is 1. The van der Waals surface area contributed by atoms with Crippen LogP contribution in [0.15, 0.2) is 12.1 Å². The van der Waals surface area contributed by atoms with Crippen LogP contribution in [0, 0.1) is 0 Å². The number of nitrogens with zero attached hydrogens (tertiary/aromatic N) is 2. The molecule has 6 heteroatoms. The Bertz CT molecular complexity index is 566. The number of fused-ring (bicyclic) bond motifs is 1. The minimum atomic E-state index is -0.142. The summed E-state index contributed by atoms with van der Waals surface area (Å²) >= 11 is 20.1. The summed E-state index contributed by atoms with van der Waals surface area (Å²) in [6.07, 6.45) is 2.08. The third kappa shape index (κ3) is 2.74. The molecule has 0 aliphatic rings. The smallest absolute Gasteiger partial charge is 0.127 e. The number of hydrogen-bond donors (Lipinski definition) is 0. The van der Waals surface area contributed by atoms with Crippen LogP contribution in [0.4, 0.5) is 0 Å². The molecule has 0 saturated carbocycles. The monoisotopic (exact) mass is 322 g/mol. The molecule has 1 atom stereocenters. The van der Waals surface area contributed by atoms with E-state index in [0.717, 1.165) is 29.2 Å². The molecule has 98 valence electrons. The Hall–Kier alpha value is -0.0900. The van der Waals surface area contributed by atoms with Gasteiger partial charge < -0.3 is 4.57 Å². The summed E-state index contributed by atoms with van der Waals surface area (Å²) in [4.78, 5) is 4.55. The van der Waals surface area contributed by atoms with Crippen LogP contribution in [-0.4, -0.2) is 21.6 Å². The largest absolute Gasteiger partial charge is 0.326 e. The quantitative estimate of drug-likeness (QED) is 0.736. The Morgan fingerprint density at radius 3 is 2.61 bits per heavy atom. The lowest BCUT2D eigenvalue weighted by Crippen LogP contribution is -2.06. The molecule has 0 amide bonds. The summed E-state index contributed by atoms with van der Waals surface area (Å²) in [5.74, 6) is 1.86. The van der Waals surface area contributed by atoms with E-state index in [1.807, 2.05) is 13.0 Å². The Labute approximate surface area is 126 Å². The van der Waals surface area contributed by atoms with Crippen molar-refractivity contribution in [2.24, 2.45) is 0 Å². The van der Waals surface area contributed by atoms with E-state index in [4.69, 9.17) is 34.8 Å². The predicted molar refractivity (Wildman–Crippen MR) is 82.4 cm³/mol. The van der Waals surface area contributed by atoms with Gasteiger partial charge in [0.15, 0.2) is 0 Å². The number of aromatic nitrogens is 2. The maximum Gasteiger partial charge on any atom is 0.127 e. The van der Waals surface area contributed by atoms with Crippen LogP contribution >= 0.6 is 46.6 Å². The number of aryl methyl sites for hydroxylation is 1. The van der Waals surface area contributed by atoms with Gasteiger partial charge in [-0.05, 0) is 25.3 Å². The van der Waals surface area contributed by atoms with Crippen molar-refractivity contribution in [1.82, 2.24) is 9.55 Å². The normalized spacial score (nSPS) is 13.2. The van der Waals surface area contributed by atoms with E-state index < -0.39 is 0 Å². The Morgan fingerprint density at radius 2 is 2.00 bits per heavy atom. The summed E-state index contributed by atoms with van der Waals surface area (Å²) in [6.45, 7) is 2.78. The molecule has 1 aromatic heterocycles. The van der Waals surface area contributed by atoms with Crippen LogP contribution in [0.3, 0.4) is 0 Å². The van der Waals surface area contributed by atoms with Crippen molar-refractivity contribution in [2.45, 2.75) is 18.8 Å². The van der Waals surface area contributed by atoms with E-state index in [2.05, 4.69) is 15.8 Å². The van der Waals surface area contributed by atoms with Gasteiger partial charge in [-0.3, -0.25) is 0 Å². The SMILES string of the molecule is CSCCn1c(C(C)Cl)nc2cc(Cl)c(Cl)cc21. The first-order chi connectivity index (χ1) is 8.54. The summed E-state index contributed by atoms with van der Waals surface area (Å²) in [5, 5.41) is 0.924. The molecule has 0 radical (unpaired) electrons. The molecule has 0 aliphatic carbocycles. The molecule has 0 saturated heterocycles. The van der Waals surface area contributed by atoms with Crippen LogP contribution in [0.2, 0.25) is 10.0 Å². The maximum atomic E-state index is 6.18. The third-order valence-corrected chi connectivity index (χ3v) is 4.20. The van der Waals surface area contributed by atoms with Crippen molar-refractivity contribution in [3.05, 3.63) is 28.0 Å². The van der Waals surface area contributed by atoms with Gasteiger partial charge in [0.2, 0.25) is 0 Å². The van der Waals surface area contributed by atoms with E-state index in [-0.39, 0.29) is 5.38 Å². The highest BCUT2D eigenvalue weighted by molar-refractivity contribution is 7.98.